The van der Waals surface area contributed by atoms with Crippen molar-refractivity contribution in [3.8, 4) is 0 Å². The lowest BCUT2D eigenvalue weighted by molar-refractivity contribution is -0.121. The molecule has 0 aliphatic rings. The van der Waals surface area contributed by atoms with Crippen LogP contribution in [0.2, 0.25) is 0 Å². The normalized spacial score (nSPS) is 11.0. The fourth-order valence-electron chi connectivity index (χ4n) is 2.26. The van der Waals surface area contributed by atoms with Crippen LogP contribution >= 0.6 is 31.9 Å². The molecule has 0 saturated heterocycles. The van der Waals surface area contributed by atoms with Crippen LogP contribution in [0.5, 0.6) is 0 Å². The van der Waals surface area contributed by atoms with Crippen molar-refractivity contribution in [2.45, 2.75) is 46.7 Å². The summed E-state index contributed by atoms with van der Waals surface area (Å²) in [5.41, 5.74) is 3.04. The van der Waals surface area contributed by atoms with Gasteiger partial charge in [0.25, 0.3) is 0 Å². The number of nitrogens with zero attached hydrogens (tertiary/aromatic N) is 4. The van der Waals surface area contributed by atoms with Crippen LogP contribution < -0.4 is 5.32 Å². The Hall–Kier alpha value is -1.15. The number of nitrogens with one attached hydrogen (secondary N) is 1. The SMILES string of the molecule is Cc1nn(CCC(=O)NCCCn2nc(C)c(Br)c2C)cc1Br. The summed E-state index contributed by atoms with van der Waals surface area (Å²) in [6.07, 6.45) is 3.18. The predicted octanol–water partition coefficient (Wildman–Crippen LogP) is 3.13. The maximum absolute atomic E-state index is 11.9. The molecule has 0 spiro atoms. The Morgan fingerprint density at radius 3 is 2.48 bits per heavy atom. The highest BCUT2D eigenvalue weighted by Gasteiger charge is 2.08. The number of rotatable bonds is 7. The largest absolute Gasteiger partial charge is 0.356 e. The Kier molecular flexibility index (Phi) is 6.41. The van der Waals surface area contributed by atoms with Gasteiger partial charge >= 0.3 is 0 Å². The molecular formula is C15H21Br2N5O. The lowest BCUT2D eigenvalue weighted by Gasteiger charge is -2.07. The van der Waals surface area contributed by atoms with Crippen LogP contribution in [0.25, 0.3) is 0 Å². The molecule has 0 radical (unpaired) electrons. The Morgan fingerprint density at radius 1 is 1.17 bits per heavy atom. The average Bonchev–Trinajstić information content (AvgIpc) is 2.96. The van der Waals surface area contributed by atoms with Crippen LogP contribution in [0.3, 0.4) is 0 Å². The molecule has 2 heterocycles. The Labute approximate surface area is 152 Å². The summed E-state index contributed by atoms with van der Waals surface area (Å²) in [5, 5.41) is 11.7. The maximum Gasteiger partial charge on any atom is 0.221 e. The first kappa shape index (κ1) is 18.2. The molecule has 2 aromatic rings. The number of halogens is 2. The number of hydrogen-bond donors (Lipinski definition) is 1. The van der Waals surface area contributed by atoms with E-state index >= 15 is 0 Å². The molecule has 0 aromatic carbocycles. The molecule has 0 aliphatic heterocycles. The van der Waals surface area contributed by atoms with Crippen LogP contribution in [0, 0.1) is 20.8 Å². The summed E-state index contributed by atoms with van der Waals surface area (Å²) in [5.74, 6) is 0.0452. The molecule has 0 aliphatic carbocycles. The molecule has 126 valence electrons. The van der Waals surface area contributed by atoms with Gasteiger partial charge in [-0.2, -0.15) is 10.2 Å². The summed E-state index contributed by atoms with van der Waals surface area (Å²) >= 11 is 6.93. The summed E-state index contributed by atoms with van der Waals surface area (Å²) < 4.78 is 5.78. The van der Waals surface area contributed by atoms with Gasteiger partial charge in [0.15, 0.2) is 0 Å². The number of carbonyl (C=O) groups is 1. The minimum atomic E-state index is 0.0452. The zero-order valence-corrected chi connectivity index (χ0v) is 16.7. The minimum absolute atomic E-state index is 0.0452. The molecule has 0 atom stereocenters. The Balaban J connectivity index is 1.67. The van der Waals surface area contributed by atoms with E-state index in [0.717, 1.165) is 39.0 Å². The van der Waals surface area contributed by atoms with Crippen LogP contribution in [0.1, 0.15) is 29.9 Å². The number of aromatic nitrogens is 4. The lowest BCUT2D eigenvalue weighted by Crippen LogP contribution is -2.26. The minimum Gasteiger partial charge on any atom is -0.356 e. The van der Waals surface area contributed by atoms with Gasteiger partial charge in [0.05, 0.1) is 20.3 Å². The number of hydrogen-bond acceptors (Lipinski definition) is 3. The second kappa shape index (κ2) is 8.10. The van der Waals surface area contributed by atoms with Crippen molar-refractivity contribution in [3.05, 3.63) is 32.2 Å². The van der Waals surface area contributed by atoms with Gasteiger partial charge in [0, 0.05) is 37.9 Å². The van der Waals surface area contributed by atoms with E-state index < -0.39 is 0 Å². The zero-order chi connectivity index (χ0) is 17.0. The van der Waals surface area contributed by atoms with E-state index in [-0.39, 0.29) is 5.91 Å². The van der Waals surface area contributed by atoms with E-state index in [4.69, 9.17) is 0 Å². The van der Waals surface area contributed by atoms with E-state index in [2.05, 4.69) is 47.4 Å². The quantitative estimate of drug-likeness (QED) is 0.664. The van der Waals surface area contributed by atoms with Gasteiger partial charge in [-0.3, -0.25) is 14.2 Å². The Bertz CT molecular complexity index is 673. The first-order valence-corrected chi connectivity index (χ1v) is 9.13. The fraction of sp³-hybridized carbons (Fsp3) is 0.533. The van der Waals surface area contributed by atoms with Gasteiger partial charge in [0.1, 0.15) is 0 Å². The molecular weight excluding hydrogens is 426 g/mol. The molecule has 1 amide bonds. The van der Waals surface area contributed by atoms with Crippen molar-refractivity contribution >= 4 is 37.8 Å². The standard InChI is InChI=1S/C15H21Br2N5O/c1-10-13(16)9-21(19-10)8-5-14(23)18-6-4-7-22-12(3)15(17)11(2)20-22/h9H,4-8H2,1-3H3,(H,18,23). The van der Waals surface area contributed by atoms with Crippen molar-refractivity contribution in [3.63, 3.8) is 0 Å². The van der Waals surface area contributed by atoms with E-state index in [9.17, 15) is 4.79 Å². The van der Waals surface area contributed by atoms with Gasteiger partial charge in [-0.15, -0.1) is 0 Å². The molecule has 2 rings (SSSR count). The topological polar surface area (TPSA) is 64.7 Å². The van der Waals surface area contributed by atoms with Crippen molar-refractivity contribution in [1.82, 2.24) is 24.9 Å². The summed E-state index contributed by atoms with van der Waals surface area (Å²) in [4.78, 5) is 11.9. The Morgan fingerprint density at radius 2 is 1.91 bits per heavy atom. The third kappa shape index (κ3) is 4.91. The maximum atomic E-state index is 11.9. The average molecular weight is 447 g/mol. The molecule has 0 bridgehead atoms. The third-order valence-electron chi connectivity index (χ3n) is 3.62. The monoisotopic (exact) mass is 445 g/mol. The molecule has 0 saturated carbocycles. The second-order valence-electron chi connectivity index (χ2n) is 5.49. The van der Waals surface area contributed by atoms with Crippen molar-refractivity contribution in [2.75, 3.05) is 6.54 Å². The van der Waals surface area contributed by atoms with E-state index in [1.807, 2.05) is 31.6 Å². The highest BCUT2D eigenvalue weighted by molar-refractivity contribution is 9.10. The number of aryl methyl sites for hydroxylation is 4. The summed E-state index contributed by atoms with van der Waals surface area (Å²) in [7, 11) is 0. The third-order valence-corrected chi connectivity index (χ3v) is 5.54. The van der Waals surface area contributed by atoms with Crippen LogP contribution in [0.15, 0.2) is 15.1 Å². The van der Waals surface area contributed by atoms with Crippen LogP contribution in [-0.2, 0) is 17.9 Å². The highest BCUT2D eigenvalue weighted by Crippen LogP contribution is 2.19. The highest BCUT2D eigenvalue weighted by atomic mass is 79.9. The fourth-order valence-corrected chi connectivity index (χ4v) is 2.86. The zero-order valence-electron chi connectivity index (χ0n) is 13.6. The van der Waals surface area contributed by atoms with Gasteiger partial charge < -0.3 is 5.32 Å². The van der Waals surface area contributed by atoms with Crippen LogP contribution in [-0.4, -0.2) is 32.0 Å². The number of amides is 1. The van der Waals surface area contributed by atoms with Gasteiger partial charge in [-0.1, -0.05) is 0 Å². The summed E-state index contributed by atoms with van der Waals surface area (Å²) in [6, 6.07) is 0. The van der Waals surface area contributed by atoms with Crippen molar-refractivity contribution in [2.24, 2.45) is 0 Å². The van der Waals surface area contributed by atoms with Crippen LogP contribution in [0.4, 0.5) is 0 Å². The van der Waals surface area contributed by atoms with Crippen molar-refractivity contribution < 1.29 is 4.79 Å². The first-order valence-electron chi connectivity index (χ1n) is 7.54. The molecule has 6 nitrogen and oxygen atoms in total. The molecule has 0 fully saturated rings. The van der Waals surface area contributed by atoms with Crippen molar-refractivity contribution in [1.29, 1.82) is 0 Å². The van der Waals surface area contributed by atoms with Gasteiger partial charge in [-0.05, 0) is 59.1 Å². The van der Waals surface area contributed by atoms with E-state index in [1.165, 1.54) is 0 Å². The molecule has 0 unspecified atom stereocenters. The molecule has 1 N–H and O–H groups in total. The van der Waals surface area contributed by atoms with Gasteiger partial charge in [-0.25, -0.2) is 0 Å². The second-order valence-corrected chi connectivity index (χ2v) is 7.13. The van der Waals surface area contributed by atoms with E-state index in [0.29, 0.717) is 19.5 Å². The summed E-state index contributed by atoms with van der Waals surface area (Å²) in [6.45, 7) is 7.97. The molecule has 2 aromatic heterocycles. The lowest BCUT2D eigenvalue weighted by atomic mass is 10.3. The smallest absolute Gasteiger partial charge is 0.221 e. The van der Waals surface area contributed by atoms with Gasteiger partial charge in [0.2, 0.25) is 5.91 Å². The van der Waals surface area contributed by atoms with E-state index in [1.54, 1.807) is 4.68 Å². The predicted molar refractivity (Wildman–Crippen MR) is 96.3 cm³/mol. The number of carbonyl (C=O) groups excluding carboxylic acids is 1. The first-order chi connectivity index (χ1) is 10.9. The molecule has 23 heavy (non-hydrogen) atoms. The molecule has 8 heteroatoms.